The standard InChI is InChI=1S/C19H36BNO4/c1-17(2,3)23-16(22)21-14-10-12-15(21)11-8-9-13-20-24-18(4,5)19(6,7)25-20/h15H,8-14H2,1-7H3. The molecule has 0 aromatic rings. The summed E-state index contributed by atoms with van der Waals surface area (Å²) in [6.07, 6.45) is 6.05. The Morgan fingerprint density at radius 1 is 1.16 bits per heavy atom. The number of carbonyl (C=O) groups is 1. The maximum atomic E-state index is 12.3. The summed E-state index contributed by atoms with van der Waals surface area (Å²) < 4.78 is 17.6. The highest BCUT2D eigenvalue weighted by Crippen LogP contribution is 2.38. The van der Waals surface area contributed by atoms with Crippen LogP contribution in [0.5, 0.6) is 0 Å². The third kappa shape index (κ3) is 5.36. The first-order valence-corrected chi connectivity index (χ1v) is 9.76. The lowest BCUT2D eigenvalue weighted by atomic mass is 9.82. The molecule has 0 saturated carbocycles. The fourth-order valence-corrected chi connectivity index (χ4v) is 3.47. The molecule has 1 amide bonds. The van der Waals surface area contributed by atoms with Crippen molar-refractivity contribution in [2.75, 3.05) is 6.54 Å². The molecule has 0 aromatic carbocycles. The minimum Gasteiger partial charge on any atom is -0.444 e. The second kappa shape index (κ2) is 7.47. The van der Waals surface area contributed by atoms with Gasteiger partial charge in [0.15, 0.2) is 0 Å². The summed E-state index contributed by atoms with van der Waals surface area (Å²) in [6.45, 7) is 14.9. The van der Waals surface area contributed by atoms with Crippen LogP contribution in [0.2, 0.25) is 6.32 Å². The first-order valence-electron chi connectivity index (χ1n) is 9.76. The molecule has 0 aliphatic carbocycles. The Labute approximate surface area is 153 Å². The number of ether oxygens (including phenoxy) is 1. The Kier molecular flexibility index (Phi) is 6.15. The van der Waals surface area contributed by atoms with Gasteiger partial charge >= 0.3 is 13.2 Å². The van der Waals surface area contributed by atoms with Gasteiger partial charge < -0.3 is 18.9 Å². The molecule has 0 bridgehead atoms. The van der Waals surface area contributed by atoms with Crippen molar-refractivity contribution in [3.8, 4) is 0 Å². The summed E-state index contributed by atoms with van der Waals surface area (Å²) in [4.78, 5) is 14.2. The fraction of sp³-hybridized carbons (Fsp3) is 0.947. The number of unbranched alkanes of at least 4 members (excludes halogenated alkanes) is 1. The highest BCUT2D eigenvalue weighted by Gasteiger charge is 2.50. The number of hydrogen-bond donors (Lipinski definition) is 0. The lowest BCUT2D eigenvalue weighted by molar-refractivity contribution is 0.00578. The van der Waals surface area contributed by atoms with Gasteiger partial charge in [0.25, 0.3) is 0 Å². The monoisotopic (exact) mass is 353 g/mol. The van der Waals surface area contributed by atoms with E-state index in [9.17, 15) is 4.79 Å². The quantitative estimate of drug-likeness (QED) is 0.533. The normalized spacial score (nSPS) is 25.5. The van der Waals surface area contributed by atoms with Gasteiger partial charge in [0.05, 0.1) is 11.2 Å². The average molecular weight is 353 g/mol. The first kappa shape index (κ1) is 20.6. The van der Waals surface area contributed by atoms with E-state index in [1.165, 1.54) is 0 Å². The van der Waals surface area contributed by atoms with Crippen molar-refractivity contribution in [1.29, 1.82) is 0 Å². The number of carbonyl (C=O) groups excluding carboxylic acids is 1. The van der Waals surface area contributed by atoms with Crippen molar-refractivity contribution >= 4 is 13.2 Å². The van der Waals surface area contributed by atoms with Crippen LogP contribution in [0.25, 0.3) is 0 Å². The van der Waals surface area contributed by atoms with Crippen LogP contribution in [-0.4, -0.2) is 47.5 Å². The summed E-state index contributed by atoms with van der Waals surface area (Å²) in [6, 6.07) is 0.313. The van der Waals surface area contributed by atoms with Gasteiger partial charge in [0.1, 0.15) is 5.60 Å². The number of likely N-dealkylation sites (tertiary alicyclic amines) is 1. The molecule has 6 heteroatoms. The maximum absolute atomic E-state index is 12.3. The summed E-state index contributed by atoms with van der Waals surface area (Å²) in [5.74, 6) is 0. The predicted molar refractivity (Wildman–Crippen MR) is 101 cm³/mol. The van der Waals surface area contributed by atoms with E-state index < -0.39 is 5.60 Å². The zero-order valence-corrected chi connectivity index (χ0v) is 17.2. The molecule has 0 spiro atoms. The molecule has 2 saturated heterocycles. The molecule has 5 nitrogen and oxygen atoms in total. The van der Waals surface area contributed by atoms with Crippen molar-refractivity contribution < 1.29 is 18.8 Å². The van der Waals surface area contributed by atoms with Gasteiger partial charge in [-0.1, -0.05) is 12.8 Å². The molecule has 2 fully saturated rings. The molecule has 1 atom stereocenters. The lowest BCUT2D eigenvalue weighted by Crippen LogP contribution is -2.41. The second-order valence-electron chi connectivity index (χ2n) is 9.44. The Bertz CT molecular complexity index is 457. The van der Waals surface area contributed by atoms with E-state index in [1.54, 1.807) is 0 Å². The molecule has 0 N–H and O–H groups in total. The van der Waals surface area contributed by atoms with Crippen molar-refractivity contribution in [2.45, 2.75) is 110 Å². The van der Waals surface area contributed by atoms with Crippen LogP contribution in [0, 0.1) is 0 Å². The van der Waals surface area contributed by atoms with Gasteiger partial charge in [0.2, 0.25) is 0 Å². The molecule has 144 valence electrons. The predicted octanol–water partition coefficient (Wildman–Crippen LogP) is 4.65. The van der Waals surface area contributed by atoms with Crippen molar-refractivity contribution in [2.24, 2.45) is 0 Å². The van der Waals surface area contributed by atoms with E-state index in [-0.39, 0.29) is 24.4 Å². The summed E-state index contributed by atoms with van der Waals surface area (Å²) in [5, 5.41) is 0. The Hall–Kier alpha value is -0.745. The van der Waals surface area contributed by atoms with E-state index in [2.05, 4.69) is 27.7 Å². The van der Waals surface area contributed by atoms with E-state index in [0.29, 0.717) is 6.04 Å². The minimum atomic E-state index is -0.430. The third-order valence-corrected chi connectivity index (χ3v) is 5.53. The van der Waals surface area contributed by atoms with Gasteiger partial charge in [-0.3, -0.25) is 0 Å². The molecule has 0 radical (unpaired) electrons. The van der Waals surface area contributed by atoms with Gasteiger partial charge in [-0.05, 0) is 74.0 Å². The zero-order chi connectivity index (χ0) is 18.9. The second-order valence-corrected chi connectivity index (χ2v) is 9.44. The van der Waals surface area contributed by atoms with Crippen LogP contribution in [-0.2, 0) is 14.0 Å². The SMILES string of the molecule is CC(C)(C)OC(=O)N1CCCC1CCCCB1OC(C)(C)C(C)(C)O1. The lowest BCUT2D eigenvalue weighted by Gasteiger charge is -2.32. The van der Waals surface area contributed by atoms with Crippen LogP contribution >= 0.6 is 0 Å². The van der Waals surface area contributed by atoms with Gasteiger partial charge in [-0.2, -0.15) is 0 Å². The van der Waals surface area contributed by atoms with E-state index in [4.69, 9.17) is 14.0 Å². The van der Waals surface area contributed by atoms with E-state index in [0.717, 1.165) is 45.0 Å². The topological polar surface area (TPSA) is 48.0 Å². The smallest absolute Gasteiger partial charge is 0.444 e. The molecule has 25 heavy (non-hydrogen) atoms. The van der Waals surface area contributed by atoms with Crippen molar-refractivity contribution in [1.82, 2.24) is 4.90 Å². The minimum absolute atomic E-state index is 0.115. The van der Waals surface area contributed by atoms with Crippen LogP contribution in [0.4, 0.5) is 4.79 Å². The summed E-state index contributed by atoms with van der Waals surface area (Å²) >= 11 is 0. The number of hydrogen-bond acceptors (Lipinski definition) is 4. The van der Waals surface area contributed by atoms with Gasteiger partial charge in [0, 0.05) is 12.6 Å². The van der Waals surface area contributed by atoms with Crippen LogP contribution in [0.1, 0.15) is 80.6 Å². The van der Waals surface area contributed by atoms with Crippen molar-refractivity contribution in [3.63, 3.8) is 0 Å². The van der Waals surface area contributed by atoms with Gasteiger partial charge in [-0.15, -0.1) is 0 Å². The highest BCUT2D eigenvalue weighted by molar-refractivity contribution is 6.45. The zero-order valence-electron chi connectivity index (χ0n) is 17.2. The fourth-order valence-electron chi connectivity index (χ4n) is 3.47. The largest absolute Gasteiger partial charge is 0.457 e. The van der Waals surface area contributed by atoms with Crippen molar-refractivity contribution in [3.05, 3.63) is 0 Å². The first-order chi connectivity index (χ1) is 11.4. The summed E-state index contributed by atoms with van der Waals surface area (Å²) in [5.41, 5.74) is -0.936. The molecule has 1 unspecified atom stereocenters. The Balaban J connectivity index is 1.72. The average Bonchev–Trinajstić information content (AvgIpc) is 2.96. The Morgan fingerprint density at radius 3 is 2.32 bits per heavy atom. The number of rotatable bonds is 5. The Morgan fingerprint density at radius 2 is 1.76 bits per heavy atom. The molecule has 2 heterocycles. The van der Waals surface area contributed by atoms with E-state index in [1.807, 2.05) is 25.7 Å². The third-order valence-electron chi connectivity index (χ3n) is 5.53. The molecule has 0 aromatic heterocycles. The number of nitrogens with zero attached hydrogens (tertiary/aromatic N) is 1. The number of amides is 1. The highest BCUT2D eigenvalue weighted by atomic mass is 16.7. The van der Waals surface area contributed by atoms with Crippen LogP contribution in [0.15, 0.2) is 0 Å². The van der Waals surface area contributed by atoms with E-state index >= 15 is 0 Å². The van der Waals surface area contributed by atoms with Gasteiger partial charge in [-0.25, -0.2) is 4.79 Å². The molecular weight excluding hydrogens is 317 g/mol. The molecule has 2 rings (SSSR count). The molecular formula is C19H36BNO4. The molecule has 2 aliphatic heterocycles. The molecule has 2 aliphatic rings. The summed E-state index contributed by atoms with van der Waals surface area (Å²) in [7, 11) is -0.115. The maximum Gasteiger partial charge on any atom is 0.457 e. The van der Waals surface area contributed by atoms with Crippen LogP contribution < -0.4 is 0 Å². The van der Waals surface area contributed by atoms with Crippen LogP contribution in [0.3, 0.4) is 0 Å².